The molecule has 56 valence electrons. The van der Waals surface area contributed by atoms with Gasteiger partial charge < -0.3 is 0 Å². The third-order valence-corrected chi connectivity index (χ3v) is 1.27. The molecule has 11 heavy (non-hydrogen) atoms. The highest BCUT2D eigenvalue weighted by Gasteiger charge is 1.98. The molecule has 0 radical (unpaired) electrons. The van der Waals surface area contributed by atoms with Gasteiger partial charge in [0.2, 0.25) is 0 Å². The minimum atomic E-state index is 0.840. The first kappa shape index (κ1) is 7.54. The van der Waals surface area contributed by atoms with Gasteiger partial charge in [-0.2, -0.15) is 5.10 Å². The lowest BCUT2D eigenvalue weighted by molar-refractivity contribution is 0.973. The summed E-state index contributed by atoms with van der Waals surface area (Å²) in [7, 11) is 0. The van der Waals surface area contributed by atoms with E-state index >= 15 is 0 Å². The predicted octanol–water partition coefficient (Wildman–Crippen LogP) is 1.76. The Morgan fingerprint density at radius 2 is 2.09 bits per heavy atom. The topological polar surface area (TPSA) is 24.4 Å². The van der Waals surface area contributed by atoms with Crippen LogP contribution in [0, 0.1) is 0 Å². The first-order chi connectivity index (χ1) is 5.34. The third kappa shape index (κ3) is 1.93. The smallest absolute Gasteiger partial charge is 0.0899 e. The molecule has 2 nitrogen and oxygen atoms in total. The van der Waals surface area contributed by atoms with E-state index in [1.54, 1.807) is 0 Å². The zero-order chi connectivity index (χ0) is 8.10. The van der Waals surface area contributed by atoms with E-state index in [1.807, 2.05) is 24.3 Å². The van der Waals surface area contributed by atoms with E-state index in [2.05, 4.69) is 23.7 Å². The lowest BCUT2D eigenvalue weighted by Gasteiger charge is -2.02. The van der Waals surface area contributed by atoms with Crippen molar-refractivity contribution < 1.29 is 0 Å². The molecule has 0 aromatic carbocycles. The van der Waals surface area contributed by atoms with E-state index in [1.165, 1.54) is 6.20 Å². The fraction of sp³-hybridized carbons (Fsp3) is 0. The standard InChI is InChI=1S/C9H10N2/c1-3-10-11-9-7-5-4-6-8(9)2/h3-7,10H,1-2H2/b11-9-. The second-order valence-corrected chi connectivity index (χ2v) is 2.07. The van der Waals surface area contributed by atoms with Crippen molar-refractivity contribution in [3.8, 4) is 0 Å². The maximum atomic E-state index is 3.99. The van der Waals surface area contributed by atoms with Gasteiger partial charge in [-0.15, -0.1) is 0 Å². The molecule has 0 spiro atoms. The van der Waals surface area contributed by atoms with Crippen LogP contribution in [-0.4, -0.2) is 5.71 Å². The summed E-state index contributed by atoms with van der Waals surface area (Å²) in [6, 6.07) is 0. The summed E-state index contributed by atoms with van der Waals surface area (Å²) in [5.41, 5.74) is 4.40. The summed E-state index contributed by atoms with van der Waals surface area (Å²) in [5.74, 6) is 0. The van der Waals surface area contributed by atoms with Crippen LogP contribution in [0.5, 0.6) is 0 Å². The van der Waals surface area contributed by atoms with Gasteiger partial charge in [0, 0.05) is 6.20 Å². The van der Waals surface area contributed by atoms with Crippen LogP contribution in [0.3, 0.4) is 0 Å². The molecule has 0 bridgehead atoms. The highest BCUT2D eigenvalue weighted by Crippen LogP contribution is 2.04. The summed E-state index contributed by atoms with van der Waals surface area (Å²) in [4.78, 5) is 0. The Morgan fingerprint density at radius 1 is 1.36 bits per heavy atom. The molecule has 1 rings (SSSR count). The highest BCUT2D eigenvalue weighted by molar-refractivity contribution is 6.10. The number of nitrogens with zero attached hydrogens (tertiary/aromatic N) is 1. The molecular weight excluding hydrogens is 136 g/mol. The van der Waals surface area contributed by atoms with Crippen LogP contribution in [-0.2, 0) is 0 Å². The van der Waals surface area contributed by atoms with Gasteiger partial charge in [0.05, 0.1) is 5.71 Å². The van der Waals surface area contributed by atoms with E-state index in [0.717, 1.165) is 11.3 Å². The average Bonchev–Trinajstić information content (AvgIpc) is 2.03. The highest BCUT2D eigenvalue weighted by atomic mass is 15.3. The monoisotopic (exact) mass is 146 g/mol. The fourth-order valence-corrected chi connectivity index (χ4v) is 0.735. The van der Waals surface area contributed by atoms with Gasteiger partial charge in [0.25, 0.3) is 0 Å². The summed E-state index contributed by atoms with van der Waals surface area (Å²) in [5, 5.41) is 3.99. The van der Waals surface area contributed by atoms with Crippen molar-refractivity contribution in [1.29, 1.82) is 0 Å². The Bertz CT molecular complexity index is 257. The van der Waals surface area contributed by atoms with Gasteiger partial charge in [-0.25, -0.2) is 0 Å². The number of rotatable bonds is 2. The van der Waals surface area contributed by atoms with Gasteiger partial charge >= 0.3 is 0 Å². The van der Waals surface area contributed by atoms with Crippen LogP contribution in [0.15, 0.2) is 54.3 Å². The molecule has 0 aromatic heterocycles. The molecule has 0 saturated heterocycles. The molecule has 0 atom stereocenters. The summed E-state index contributed by atoms with van der Waals surface area (Å²) in [6.45, 7) is 7.29. The third-order valence-electron chi connectivity index (χ3n) is 1.27. The van der Waals surface area contributed by atoms with Crippen molar-refractivity contribution in [2.45, 2.75) is 0 Å². The minimum absolute atomic E-state index is 0.840. The van der Waals surface area contributed by atoms with Crippen LogP contribution in [0.2, 0.25) is 0 Å². The zero-order valence-electron chi connectivity index (χ0n) is 6.25. The van der Waals surface area contributed by atoms with Crippen molar-refractivity contribution in [2.75, 3.05) is 0 Å². The summed E-state index contributed by atoms with van der Waals surface area (Å²) in [6.07, 6.45) is 9.16. The van der Waals surface area contributed by atoms with Gasteiger partial charge in [-0.05, 0) is 11.6 Å². The van der Waals surface area contributed by atoms with E-state index in [0.29, 0.717) is 0 Å². The summed E-state index contributed by atoms with van der Waals surface area (Å²) >= 11 is 0. The molecule has 0 amide bonds. The lowest BCUT2D eigenvalue weighted by Crippen LogP contribution is -2.04. The van der Waals surface area contributed by atoms with Gasteiger partial charge in [-0.1, -0.05) is 31.4 Å². The van der Waals surface area contributed by atoms with Crippen molar-refractivity contribution in [3.05, 3.63) is 49.2 Å². The Morgan fingerprint density at radius 3 is 2.73 bits per heavy atom. The lowest BCUT2D eigenvalue weighted by atomic mass is 10.1. The van der Waals surface area contributed by atoms with Crippen LogP contribution in [0.1, 0.15) is 0 Å². The van der Waals surface area contributed by atoms with Crippen molar-refractivity contribution in [2.24, 2.45) is 5.10 Å². The molecule has 1 aliphatic carbocycles. The number of hydrogen-bond donors (Lipinski definition) is 1. The molecule has 0 saturated carbocycles. The largest absolute Gasteiger partial charge is 0.286 e. The van der Waals surface area contributed by atoms with Gasteiger partial charge in [-0.3, -0.25) is 5.43 Å². The summed E-state index contributed by atoms with van der Waals surface area (Å²) < 4.78 is 0. The quantitative estimate of drug-likeness (QED) is 0.590. The minimum Gasteiger partial charge on any atom is -0.286 e. The number of hydrogen-bond acceptors (Lipinski definition) is 2. The van der Waals surface area contributed by atoms with Gasteiger partial charge in [0.1, 0.15) is 0 Å². The number of nitrogens with one attached hydrogen (secondary N) is 1. The van der Waals surface area contributed by atoms with E-state index in [9.17, 15) is 0 Å². The molecule has 2 heteroatoms. The van der Waals surface area contributed by atoms with Crippen LogP contribution < -0.4 is 5.43 Å². The van der Waals surface area contributed by atoms with Crippen LogP contribution in [0.25, 0.3) is 0 Å². The Balaban J connectivity index is 2.72. The second kappa shape index (κ2) is 3.56. The SMILES string of the molecule is C=CN/N=C1/C=CC=CC1=C. The first-order valence-electron chi connectivity index (χ1n) is 3.33. The fourth-order valence-electron chi connectivity index (χ4n) is 0.735. The molecule has 0 aliphatic heterocycles. The maximum Gasteiger partial charge on any atom is 0.0899 e. The normalized spacial score (nSPS) is 18.9. The predicted molar refractivity (Wildman–Crippen MR) is 48.2 cm³/mol. The Hall–Kier alpha value is -1.57. The average molecular weight is 146 g/mol. The Labute approximate surface area is 66.3 Å². The molecule has 0 unspecified atom stereocenters. The molecule has 1 N–H and O–H groups in total. The molecule has 0 fully saturated rings. The van der Waals surface area contributed by atoms with Crippen LogP contribution in [0.4, 0.5) is 0 Å². The molecule has 0 aromatic rings. The van der Waals surface area contributed by atoms with E-state index in [-0.39, 0.29) is 0 Å². The van der Waals surface area contributed by atoms with E-state index < -0.39 is 0 Å². The number of allylic oxidation sites excluding steroid dienone is 5. The Kier molecular flexibility index (Phi) is 2.44. The van der Waals surface area contributed by atoms with Gasteiger partial charge in [0.15, 0.2) is 0 Å². The molecular formula is C9H10N2. The van der Waals surface area contributed by atoms with Crippen molar-refractivity contribution in [3.63, 3.8) is 0 Å². The molecule has 1 aliphatic rings. The van der Waals surface area contributed by atoms with E-state index in [4.69, 9.17) is 0 Å². The van der Waals surface area contributed by atoms with Crippen molar-refractivity contribution >= 4 is 5.71 Å². The maximum absolute atomic E-state index is 3.99. The second-order valence-electron chi connectivity index (χ2n) is 2.07. The molecule has 0 heterocycles. The van der Waals surface area contributed by atoms with Crippen LogP contribution >= 0.6 is 0 Å². The zero-order valence-corrected chi connectivity index (χ0v) is 6.25. The van der Waals surface area contributed by atoms with Crippen molar-refractivity contribution in [1.82, 2.24) is 5.43 Å². The first-order valence-corrected chi connectivity index (χ1v) is 3.33. The number of hydrazone groups is 1.